The first-order valence-corrected chi connectivity index (χ1v) is 5.66. The summed E-state index contributed by atoms with van der Waals surface area (Å²) >= 11 is 1.85. The average molecular weight is 333 g/mol. The van der Waals surface area contributed by atoms with Gasteiger partial charge in [-0.1, -0.05) is 22.6 Å². The summed E-state index contributed by atoms with van der Waals surface area (Å²) in [5.41, 5.74) is -0.0552. The van der Waals surface area contributed by atoms with E-state index in [9.17, 15) is 14.9 Å². The Morgan fingerprint density at radius 2 is 2.25 bits per heavy atom. The zero-order chi connectivity index (χ0) is 11.7. The Bertz CT molecular complexity index is 580. The van der Waals surface area contributed by atoms with Crippen LogP contribution in [-0.2, 0) is 0 Å². The van der Waals surface area contributed by atoms with Crippen LogP contribution < -0.4 is 0 Å². The molecule has 0 unspecified atom stereocenters. The molecule has 0 spiro atoms. The lowest BCUT2D eigenvalue weighted by Gasteiger charge is -1.98. The van der Waals surface area contributed by atoms with Crippen molar-refractivity contribution in [2.24, 2.45) is 0 Å². The molecule has 0 aliphatic heterocycles. The highest BCUT2D eigenvalue weighted by Gasteiger charge is 2.25. The fourth-order valence-electron chi connectivity index (χ4n) is 1.32. The fourth-order valence-corrected chi connectivity index (χ4v) is 1.73. The van der Waals surface area contributed by atoms with E-state index in [1.807, 2.05) is 22.6 Å². The number of nitro groups is 1. The van der Waals surface area contributed by atoms with Crippen molar-refractivity contribution in [3.05, 3.63) is 27.8 Å². The Morgan fingerprint density at radius 1 is 1.50 bits per heavy atom. The van der Waals surface area contributed by atoms with Crippen LogP contribution in [0.4, 0.5) is 5.69 Å². The number of carbonyl (C=O) groups is 1. The van der Waals surface area contributed by atoms with E-state index >= 15 is 0 Å². The van der Waals surface area contributed by atoms with Crippen molar-refractivity contribution in [3.8, 4) is 0 Å². The van der Waals surface area contributed by atoms with Gasteiger partial charge in [0, 0.05) is 0 Å². The second kappa shape index (κ2) is 4.12. The van der Waals surface area contributed by atoms with Crippen LogP contribution in [0.25, 0.3) is 11.0 Å². The molecule has 0 bridgehead atoms. The molecular formula is C8H4IN3O4. The van der Waals surface area contributed by atoms with Gasteiger partial charge in [-0.2, -0.15) is 0 Å². The van der Waals surface area contributed by atoms with Gasteiger partial charge >= 0.3 is 5.69 Å². The zero-order valence-corrected chi connectivity index (χ0v) is 9.87. The molecule has 1 heterocycles. The van der Waals surface area contributed by atoms with Gasteiger partial charge in [0.15, 0.2) is 5.78 Å². The molecule has 8 heteroatoms. The van der Waals surface area contributed by atoms with Gasteiger partial charge in [-0.25, -0.2) is 4.63 Å². The summed E-state index contributed by atoms with van der Waals surface area (Å²) in [6.07, 6.45) is 0. The van der Waals surface area contributed by atoms with Crippen molar-refractivity contribution in [2.45, 2.75) is 0 Å². The minimum Gasteiger partial charge on any atom is -0.293 e. The maximum Gasteiger partial charge on any atom is 0.311 e. The summed E-state index contributed by atoms with van der Waals surface area (Å²) in [4.78, 5) is 21.8. The minimum atomic E-state index is -0.647. The van der Waals surface area contributed by atoms with E-state index in [1.54, 1.807) is 0 Å². The van der Waals surface area contributed by atoms with Crippen molar-refractivity contribution in [1.29, 1.82) is 0 Å². The molecule has 0 amide bonds. The number of ketones is 1. The number of fused-ring (bicyclic) bond motifs is 1. The van der Waals surface area contributed by atoms with Crippen LogP contribution >= 0.6 is 22.6 Å². The van der Waals surface area contributed by atoms with Crippen molar-refractivity contribution in [2.75, 3.05) is 4.43 Å². The maximum atomic E-state index is 11.5. The fraction of sp³-hybridized carbons (Fsp3) is 0.125. The number of nitrogens with zero attached hydrogens (tertiary/aromatic N) is 3. The lowest BCUT2D eigenvalue weighted by molar-refractivity contribution is -0.383. The quantitative estimate of drug-likeness (QED) is 0.279. The van der Waals surface area contributed by atoms with Gasteiger partial charge in [-0.05, 0) is 22.4 Å². The molecule has 82 valence electrons. The third kappa shape index (κ3) is 1.64. The molecule has 2 rings (SSSR count). The van der Waals surface area contributed by atoms with Crippen molar-refractivity contribution < 1.29 is 14.3 Å². The maximum absolute atomic E-state index is 11.5. The molecule has 0 saturated heterocycles. The van der Waals surface area contributed by atoms with Crippen LogP contribution in [0.2, 0.25) is 0 Å². The van der Waals surface area contributed by atoms with Gasteiger partial charge in [0.25, 0.3) is 0 Å². The van der Waals surface area contributed by atoms with Crippen LogP contribution in [0.15, 0.2) is 16.8 Å². The molecule has 0 radical (unpaired) electrons. The smallest absolute Gasteiger partial charge is 0.293 e. The predicted octanol–water partition coefficient (Wildman–Crippen LogP) is 1.75. The zero-order valence-electron chi connectivity index (χ0n) is 7.71. The van der Waals surface area contributed by atoms with Gasteiger partial charge in [-0.15, -0.1) is 0 Å². The van der Waals surface area contributed by atoms with Crippen molar-refractivity contribution in [1.82, 2.24) is 10.3 Å². The standard InChI is InChI=1S/C8H4IN3O4/c9-3-6(13)4-1-2-5-7(11-16-10-5)8(4)12(14)15/h1-2H,3H2. The van der Waals surface area contributed by atoms with Crippen LogP contribution in [0.5, 0.6) is 0 Å². The highest BCUT2D eigenvalue weighted by atomic mass is 127. The Labute approximate surface area is 102 Å². The van der Waals surface area contributed by atoms with Gasteiger partial charge in [-0.3, -0.25) is 14.9 Å². The van der Waals surface area contributed by atoms with E-state index < -0.39 is 4.92 Å². The number of carbonyl (C=O) groups excluding carboxylic acids is 1. The first-order chi connectivity index (χ1) is 7.65. The van der Waals surface area contributed by atoms with E-state index in [-0.39, 0.29) is 32.5 Å². The predicted molar refractivity (Wildman–Crippen MR) is 61.7 cm³/mol. The topological polar surface area (TPSA) is 99.1 Å². The Hall–Kier alpha value is -1.58. The molecule has 1 aromatic carbocycles. The minimum absolute atomic E-state index is 0.000648. The molecule has 0 saturated carbocycles. The largest absolute Gasteiger partial charge is 0.311 e. The Kier molecular flexibility index (Phi) is 2.81. The number of nitro benzene ring substituents is 1. The normalized spacial score (nSPS) is 10.6. The van der Waals surface area contributed by atoms with Crippen molar-refractivity contribution in [3.63, 3.8) is 0 Å². The Morgan fingerprint density at radius 3 is 2.88 bits per heavy atom. The molecule has 16 heavy (non-hydrogen) atoms. The van der Waals surface area contributed by atoms with E-state index in [0.717, 1.165) is 0 Å². The summed E-state index contributed by atoms with van der Waals surface area (Å²) in [6, 6.07) is 2.84. The number of alkyl halides is 1. The number of rotatable bonds is 3. The highest BCUT2D eigenvalue weighted by Crippen LogP contribution is 2.27. The summed E-state index contributed by atoms with van der Waals surface area (Å²) in [7, 11) is 0. The number of halogens is 1. The first-order valence-electron chi connectivity index (χ1n) is 4.14. The highest BCUT2D eigenvalue weighted by molar-refractivity contribution is 14.1. The van der Waals surface area contributed by atoms with Gasteiger partial charge in [0.05, 0.1) is 14.9 Å². The number of aromatic nitrogens is 2. The number of benzene rings is 1. The second-order valence-electron chi connectivity index (χ2n) is 2.91. The molecule has 1 aromatic heterocycles. The lowest BCUT2D eigenvalue weighted by Crippen LogP contribution is -2.05. The second-order valence-corrected chi connectivity index (χ2v) is 3.67. The molecule has 2 aromatic rings. The molecule has 7 nitrogen and oxygen atoms in total. The van der Waals surface area contributed by atoms with Gasteiger partial charge < -0.3 is 0 Å². The van der Waals surface area contributed by atoms with E-state index in [0.29, 0.717) is 0 Å². The third-order valence-electron chi connectivity index (χ3n) is 2.01. The monoisotopic (exact) mass is 333 g/mol. The summed E-state index contributed by atoms with van der Waals surface area (Å²) in [6.45, 7) is 0. The van der Waals surface area contributed by atoms with E-state index in [4.69, 9.17) is 0 Å². The molecule has 0 fully saturated rings. The van der Waals surface area contributed by atoms with Crippen molar-refractivity contribution >= 4 is 45.1 Å². The molecule has 0 atom stereocenters. The molecule has 0 aliphatic carbocycles. The summed E-state index contributed by atoms with van der Waals surface area (Å²) in [5.74, 6) is -0.322. The first kappa shape index (κ1) is 10.9. The van der Waals surface area contributed by atoms with E-state index in [1.165, 1.54) is 12.1 Å². The van der Waals surface area contributed by atoms with Crippen LogP contribution in [-0.4, -0.2) is 25.4 Å². The molecule has 0 N–H and O–H groups in total. The number of Topliss-reactive ketones (excluding diaryl/α,β-unsaturated/α-hetero) is 1. The van der Waals surface area contributed by atoms with Crippen LogP contribution in [0.1, 0.15) is 10.4 Å². The summed E-state index contributed by atoms with van der Waals surface area (Å²) < 4.78 is 4.57. The van der Waals surface area contributed by atoms with Crippen LogP contribution in [0.3, 0.4) is 0 Å². The SMILES string of the molecule is O=C(CI)c1ccc2nonc2c1[N+](=O)[O-]. The average Bonchev–Trinajstić information content (AvgIpc) is 2.73. The van der Waals surface area contributed by atoms with E-state index in [2.05, 4.69) is 14.9 Å². The molecule has 0 aliphatic rings. The number of hydrogen-bond acceptors (Lipinski definition) is 6. The van der Waals surface area contributed by atoms with Crippen LogP contribution in [0, 0.1) is 10.1 Å². The summed E-state index contributed by atoms with van der Waals surface area (Å²) in [5, 5.41) is 17.8. The lowest BCUT2D eigenvalue weighted by atomic mass is 10.1. The Balaban J connectivity index is 2.78. The third-order valence-corrected chi connectivity index (χ3v) is 2.70. The van der Waals surface area contributed by atoms with Gasteiger partial charge in [0.1, 0.15) is 5.52 Å². The number of hydrogen-bond donors (Lipinski definition) is 0. The van der Waals surface area contributed by atoms with Gasteiger partial charge in [0.2, 0.25) is 5.52 Å². The molecular weight excluding hydrogens is 329 g/mol.